The van der Waals surface area contributed by atoms with Crippen LogP contribution in [0.3, 0.4) is 0 Å². The first-order valence-electron chi connectivity index (χ1n) is 46.2. The van der Waals surface area contributed by atoms with Crippen molar-refractivity contribution in [1.29, 1.82) is 0 Å². The van der Waals surface area contributed by atoms with Crippen LogP contribution in [0.15, 0.2) is 489 Å². The third kappa shape index (κ3) is 41.1. The summed E-state index contributed by atoms with van der Waals surface area (Å²) in [6.45, 7) is 34.9. The maximum absolute atomic E-state index is 11.3. The van der Waals surface area contributed by atoms with Crippen molar-refractivity contribution in [3.05, 3.63) is 489 Å². The van der Waals surface area contributed by atoms with Crippen LogP contribution in [0.1, 0.15) is 40.5 Å². The van der Waals surface area contributed by atoms with Crippen LogP contribution in [-0.2, 0) is 76.3 Å². The molecule has 0 heterocycles. The van der Waals surface area contributed by atoms with Gasteiger partial charge < -0.3 is 75.8 Å². The highest BCUT2D eigenvalue weighted by Gasteiger charge is 2.12. The van der Waals surface area contributed by atoms with Gasteiger partial charge in [-0.15, -0.1) is 0 Å². The molecule has 0 saturated heterocycles. The zero-order valence-electron chi connectivity index (χ0n) is 82.4. The number of esters is 8. The summed E-state index contributed by atoms with van der Waals surface area (Å²) >= 11 is 0. The molecule has 0 radical (unpaired) electrons. The van der Waals surface area contributed by atoms with Gasteiger partial charge >= 0.3 is 47.8 Å². The molecule has 12 aromatic carbocycles. The topological polar surface area (TPSA) is 284 Å². The predicted octanol–water partition coefficient (Wildman–Crippen LogP) is 27.3. The summed E-state index contributed by atoms with van der Waals surface area (Å²) in [5.41, 5.74) is 18.6. The van der Waals surface area contributed by atoms with E-state index in [2.05, 4.69) is 150 Å². The van der Waals surface area contributed by atoms with Crippen LogP contribution in [0.2, 0.25) is 0 Å². The number of carbonyl (C=O) groups excluding carboxylic acids is 8. The summed E-state index contributed by atoms with van der Waals surface area (Å²) in [6, 6.07) is 94.7. The molecular weight excluding hydrogens is 1870 g/mol. The van der Waals surface area contributed by atoms with E-state index in [4.69, 9.17) is 75.8 Å². The highest BCUT2D eigenvalue weighted by atomic mass is 16.6. The lowest BCUT2D eigenvalue weighted by Gasteiger charge is -2.07. The maximum Gasteiger partial charge on any atom is 0.338 e. The fourth-order valence-electron chi connectivity index (χ4n) is 12.3. The van der Waals surface area contributed by atoms with Crippen molar-refractivity contribution in [2.45, 2.75) is 40.5 Å². The zero-order chi connectivity index (χ0) is 106. The molecular formula is C124H112O24. The van der Waals surface area contributed by atoms with E-state index in [1.165, 1.54) is 50.1 Å². The minimum Gasteiger partial charge on any atom is -0.465 e. The standard InChI is InChI=1S/2C32H30O6.2C30H26O6/c1-23(2)31(33)37-21-5-19-35-29-15-11-27(12-16-29)25-7-9-26(10-8-25)28-13-17-30(18-14-28)36-20-6-22-38-32(34)24(3)4;1-23(2)31(33)37-20-6-5-19-35-29-15-11-27(12-16-29)25-7-9-26(10-8-25)28-13-17-30(18-14-28)36-21-22-38-32(34)24(3)4;1-3-29(31)35-21-5-19-33-27-15-11-25(12-16-27)23-7-9-24(10-8-23)26-13-17-28(18-14-26)34-20-6-22-36-30(32)4-2;1-3-29(31)35-20-6-5-19-33-27-15-11-25(12-16-27)23-7-9-24(10-8-23)26-13-17-28(18-14-26)34-21-22-36-30(32)4-2/h5-20H,1,3,21-22H2,2,4H3;5,7-19,21-22H,1,3,6,20H2,2,4H3;3-20H,1-2,21-22H2;3-5,7-19,21-22H,1-2,6,20H2/b19-5+,20-6+;19-5+,22-21+;19-5+,20-6+;19-5+,22-21+. The molecule has 0 aliphatic rings. The van der Waals surface area contributed by atoms with E-state index in [0.717, 1.165) is 113 Å². The third-order valence-electron chi connectivity index (χ3n) is 20.1. The van der Waals surface area contributed by atoms with Crippen molar-refractivity contribution in [3.8, 4) is 135 Å². The molecule has 148 heavy (non-hydrogen) atoms. The van der Waals surface area contributed by atoms with Crippen LogP contribution in [0.4, 0.5) is 0 Å². The third-order valence-corrected chi connectivity index (χ3v) is 20.1. The van der Waals surface area contributed by atoms with Gasteiger partial charge in [0.05, 0.1) is 50.8 Å². The summed E-state index contributed by atoms with van der Waals surface area (Å²) in [7, 11) is 0. The smallest absolute Gasteiger partial charge is 0.338 e. The van der Waals surface area contributed by atoms with Gasteiger partial charge in [0.1, 0.15) is 97.5 Å². The molecule has 12 aromatic rings. The van der Waals surface area contributed by atoms with Gasteiger partial charge in [0.15, 0.2) is 0 Å². The SMILES string of the molecule is C=C(C)C(=O)O/C=C/Oc1ccc(-c2ccc(-c3ccc(O/C=C/CCOC(=O)C(=C)C)cc3)cc2)cc1.C=C(C)C(=O)OC/C=C/Oc1ccc(-c2ccc(-c3ccc(O/C=C/COC(=O)C(=C)C)cc3)cc2)cc1.C=CC(=O)O/C=C/Oc1ccc(-c2ccc(-c3ccc(O/C=C/CCOC(=O)C=C)cc3)cc2)cc1.C=CC(=O)OC/C=C/Oc1ccc(-c2ccc(-c3ccc(O/C=C/COC(=O)C=C)cc3)cc2)cc1. The van der Waals surface area contributed by atoms with Gasteiger partial charge in [0.2, 0.25) is 0 Å². The Morgan fingerprint density at radius 2 is 0.358 bits per heavy atom. The summed E-state index contributed by atoms with van der Waals surface area (Å²) < 4.78 is 83.3. The summed E-state index contributed by atoms with van der Waals surface area (Å²) in [5.74, 6) is 1.70. The molecule has 0 N–H and O–H groups in total. The average molecular weight is 1990 g/mol. The molecule has 752 valence electrons. The van der Waals surface area contributed by atoms with Crippen LogP contribution >= 0.6 is 0 Å². The van der Waals surface area contributed by atoms with Crippen molar-refractivity contribution in [2.24, 2.45) is 0 Å². The fourth-order valence-corrected chi connectivity index (χ4v) is 12.3. The molecule has 0 fully saturated rings. The molecule has 0 bridgehead atoms. The molecule has 0 amide bonds. The highest BCUT2D eigenvalue weighted by Crippen LogP contribution is 2.34. The first kappa shape index (κ1) is 112. The predicted molar refractivity (Wildman–Crippen MR) is 575 cm³/mol. The quantitative estimate of drug-likeness (QED) is 0.0113. The van der Waals surface area contributed by atoms with Crippen LogP contribution in [0.5, 0.6) is 46.0 Å². The number of ether oxygens (including phenoxy) is 16. The Morgan fingerprint density at radius 1 is 0.189 bits per heavy atom. The van der Waals surface area contributed by atoms with E-state index >= 15 is 0 Å². The van der Waals surface area contributed by atoms with E-state index in [0.29, 0.717) is 81.1 Å². The van der Waals surface area contributed by atoms with Crippen molar-refractivity contribution in [2.75, 3.05) is 39.6 Å². The number of hydrogen-bond donors (Lipinski definition) is 0. The Labute approximate surface area is 861 Å². The first-order chi connectivity index (χ1) is 71.8. The normalized spacial score (nSPS) is 10.7. The van der Waals surface area contributed by atoms with Crippen molar-refractivity contribution >= 4 is 47.8 Å². The molecule has 24 nitrogen and oxygen atoms in total. The lowest BCUT2D eigenvalue weighted by Crippen LogP contribution is -2.05. The van der Waals surface area contributed by atoms with Crippen LogP contribution in [0.25, 0.3) is 89.0 Å². The molecule has 0 aliphatic heterocycles. The largest absolute Gasteiger partial charge is 0.465 e. The Morgan fingerprint density at radius 3 is 0.568 bits per heavy atom. The zero-order valence-corrected chi connectivity index (χ0v) is 82.4. The van der Waals surface area contributed by atoms with Crippen molar-refractivity contribution < 1.29 is 114 Å². The van der Waals surface area contributed by atoms with Gasteiger partial charge in [-0.2, -0.15) is 0 Å². The van der Waals surface area contributed by atoms with Crippen LogP contribution in [-0.4, -0.2) is 87.4 Å². The van der Waals surface area contributed by atoms with Gasteiger partial charge in [0.25, 0.3) is 0 Å². The van der Waals surface area contributed by atoms with Crippen LogP contribution < -0.4 is 37.9 Å². The first-order valence-corrected chi connectivity index (χ1v) is 46.2. The molecule has 0 saturated carbocycles. The number of hydrogen-bond acceptors (Lipinski definition) is 24. The van der Waals surface area contributed by atoms with Gasteiger partial charge in [-0.3, -0.25) is 0 Å². The van der Waals surface area contributed by atoms with E-state index in [1.807, 2.05) is 194 Å². The molecule has 12 rings (SSSR count). The Hall–Kier alpha value is -19.4. The molecule has 0 unspecified atom stereocenters. The van der Waals surface area contributed by atoms with Gasteiger partial charge in [-0.25, -0.2) is 38.4 Å². The molecule has 0 aromatic heterocycles. The Kier molecular flexibility index (Phi) is 47.6. The molecule has 24 heteroatoms. The van der Waals surface area contributed by atoms with E-state index in [-0.39, 0.29) is 45.6 Å². The van der Waals surface area contributed by atoms with Crippen molar-refractivity contribution in [3.63, 3.8) is 0 Å². The van der Waals surface area contributed by atoms with E-state index < -0.39 is 41.8 Å². The second-order valence-corrected chi connectivity index (χ2v) is 31.3. The minimum atomic E-state index is -0.549. The lowest BCUT2D eigenvalue weighted by molar-refractivity contribution is -0.139. The summed E-state index contributed by atoms with van der Waals surface area (Å²) in [5, 5.41) is 0. The van der Waals surface area contributed by atoms with Crippen LogP contribution in [0, 0.1) is 0 Å². The van der Waals surface area contributed by atoms with Gasteiger partial charge in [0, 0.05) is 59.4 Å². The van der Waals surface area contributed by atoms with Crippen molar-refractivity contribution in [1.82, 2.24) is 0 Å². The monoisotopic (exact) mass is 1980 g/mol. The van der Waals surface area contributed by atoms with E-state index in [1.54, 1.807) is 76.7 Å². The summed E-state index contributed by atoms with van der Waals surface area (Å²) in [4.78, 5) is 89.2. The minimum absolute atomic E-state index is 0.122. The number of benzene rings is 12. The second kappa shape index (κ2) is 62.7. The van der Waals surface area contributed by atoms with Gasteiger partial charge in [-0.05, 0) is 250 Å². The Balaban J connectivity index is 0.000000219. The summed E-state index contributed by atoms with van der Waals surface area (Å²) in [6.07, 6.45) is 29.6. The highest BCUT2D eigenvalue weighted by molar-refractivity contribution is 5.89. The molecule has 0 spiro atoms. The average Bonchev–Trinajstić information content (AvgIpc) is 0.842. The molecule has 0 atom stereocenters. The molecule has 0 aliphatic carbocycles. The second-order valence-electron chi connectivity index (χ2n) is 31.3. The Bertz CT molecular complexity index is 6500. The van der Waals surface area contributed by atoms with E-state index in [9.17, 15) is 38.4 Å². The number of carbonyl (C=O) groups is 8. The maximum atomic E-state index is 11.3. The fraction of sp³-hybridized carbons (Fsp3) is 0.0968. The number of rotatable bonds is 48. The lowest BCUT2D eigenvalue weighted by atomic mass is 10.0. The van der Waals surface area contributed by atoms with Gasteiger partial charge in [-0.1, -0.05) is 247 Å².